The van der Waals surface area contributed by atoms with Gasteiger partial charge in [-0.15, -0.1) is 0 Å². The van der Waals surface area contributed by atoms with Gasteiger partial charge in [0.25, 0.3) is 0 Å². The summed E-state index contributed by atoms with van der Waals surface area (Å²) in [6.07, 6.45) is 4.72. The van der Waals surface area contributed by atoms with E-state index in [2.05, 4.69) is 5.32 Å². The van der Waals surface area contributed by atoms with Crippen molar-refractivity contribution in [2.75, 3.05) is 11.9 Å². The second-order valence-electron chi connectivity index (χ2n) is 4.44. The molecule has 0 amide bonds. The van der Waals surface area contributed by atoms with E-state index in [1.807, 2.05) is 19.1 Å². The largest absolute Gasteiger partial charge is 0.360 e. The normalized spacial score (nSPS) is 19.9. The lowest BCUT2D eigenvalue weighted by Crippen LogP contribution is -2.28. The van der Waals surface area contributed by atoms with Crippen LogP contribution in [0, 0.1) is 12.3 Å². The van der Waals surface area contributed by atoms with Crippen LogP contribution in [0.25, 0.3) is 0 Å². The van der Waals surface area contributed by atoms with E-state index in [1.54, 1.807) is 0 Å². The fourth-order valence-corrected chi connectivity index (χ4v) is 2.01. The molecule has 4 heteroatoms. The molecule has 1 saturated heterocycles. The van der Waals surface area contributed by atoms with E-state index in [0.717, 1.165) is 41.7 Å². The van der Waals surface area contributed by atoms with Crippen molar-refractivity contribution < 1.29 is 4.74 Å². The Morgan fingerprint density at radius 3 is 2.94 bits per heavy atom. The van der Waals surface area contributed by atoms with Crippen LogP contribution in [0.4, 0.5) is 5.69 Å². The summed E-state index contributed by atoms with van der Waals surface area (Å²) in [5.41, 5.74) is 3.48. The summed E-state index contributed by atoms with van der Waals surface area (Å²) in [7, 11) is 5.84. The Balaban J connectivity index is 2.18. The molecule has 1 atom stereocenters. The van der Waals surface area contributed by atoms with Crippen LogP contribution in [0.3, 0.4) is 0 Å². The number of aryl methyl sites for hydroxylation is 1. The van der Waals surface area contributed by atoms with Gasteiger partial charge in [-0.05, 0) is 32.3 Å². The third-order valence-corrected chi connectivity index (χ3v) is 3.09. The van der Waals surface area contributed by atoms with Crippen LogP contribution < -0.4 is 10.8 Å². The van der Waals surface area contributed by atoms with Gasteiger partial charge in [0, 0.05) is 24.1 Å². The van der Waals surface area contributed by atoms with Crippen molar-refractivity contribution in [3.8, 4) is 0 Å². The zero-order valence-corrected chi connectivity index (χ0v) is 10.1. The highest BCUT2D eigenvalue weighted by atomic mass is 16.5. The molecular formula is C13H17BN2O. The van der Waals surface area contributed by atoms with Crippen LogP contribution >= 0.6 is 0 Å². The van der Waals surface area contributed by atoms with Crippen molar-refractivity contribution in [3.05, 3.63) is 23.3 Å². The van der Waals surface area contributed by atoms with Crippen molar-refractivity contribution >= 4 is 25.2 Å². The van der Waals surface area contributed by atoms with E-state index in [0.29, 0.717) is 0 Å². The van der Waals surface area contributed by atoms with Gasteiger partial charge in [-0.2, -0.15) is 0 Å². The highest BCUT2D eigenvalue weighted by molar-refractivity contribution is 6.33. The van der Waals surface area contributed by atoms with Gasteiger partial charge in [0.2, 0.25) is 0 Å². The van der Waals surface area contributed by atoms with E-state index in [9.17, 15) is 0 Å². The number of benzene rings is 1. The van der Waals surface area contributed by atoms with Crippen LogP contribution in [0.5, 0.6) is 0 Å². The molecule has 1 heterocycles. The second-order valence-corrected chi connectivity index (χ2v) is 4.44. The van der Waals surface area contributed by atoms with Crippen LogP contribution in [-0.2, 0) is 4.74 Å². The molecule has 0 bridgehead atoms. The fraction of sp³-hybridized carbons (Fsp3) is 0.462. The molecule has 1 aromatic carbocycles. The molecule has 1 aliphatic rings. The zero-order valence-electron chi connectivity index (χ0n) is 10.1. The molecule has 1 fully saturated rings. The summed E-state index contributed by atoms with van der Waals surface area (Å²) in [6.45, 7) is 2.78. The van der Waals surface area contributed by atoms with Gasteiger partial charge in [0.15, 0.2) is 0 Å². The van der Waals surface area contributed by atoms with E-state index >= 15 is 0 Å². The quantitative estimate of drug-likeness (QED) is 0.611. The van der Waals surface area contributed by atoms with Crippen LogP contribution in [0.15, 0.2) is 12.1 Å². The molecule has 0 saturated carbocycles. The SMILES string of the molecule is [B]c1cc(C=N)c(NC2CCCCO2)cc1C. The molecule has 0 aromatic heterocycles. The predicted molar refractivity (Wildman–Crippen MR) is 71.7 cm³/mol. The Morgan fingerprint density at radius 1 is 1.47 bits per heavy atom. The zero-order chi connectivity index (χ0) is 12.3. The highest BCUT2D eigenvalue weighted by Crippen LogP contribution is 2.19. The molecule has 1 aliphatic heterocycles. The lowest BCUT2D eigenvalue weighted by molar-refractivity contribution is 0.0343. The predicted octanol–water partition coefficient (Wildman–Crippen LogP) is 1.72. The van der Waals surface area contributed by atoms with Gasteiger partial charge in [-0.3, -0.25) is 0 Å². The molecule has 0 aliphatic carbocycles. The summed E-state index contributed by atoms with van der Waals surface area (Å²) in [5, 5.41) is 10.7. The average molecular weight is 228 g/mol. The van der Waals surface area contributed by atoms with E-state index in [4.69, 9.17) is 18.0 Å². The van der Waals surface area contributed by atoms with Gasteiger partial charge in [-0.1, -0.05) is 17.1 Å². The van der Waals surface area contributed by atoms with Crippen molar-refractivity contribution in [2.24, 2.45) is 0 Å². The lowest BCUT2D eigenvalue weighted by atomic mass is 9.89. The molecule has 0 spiro atoms. The Kier molecular flexibility index (Phi) is 3.84. The summed E-state index contributed by atoms with van der Waals surface area (Å²) < 4.78 is 5.63. The van der Waals surface area contributed by atoms with Gasteiger partial charge in [0.05, 0.1) is 0 Å². The first kappa shape index (κ1) is 12.2. The van der Waals surface area contributed by atoms with Crippen LogP contribution in [-0.4, -0.2) is 26.9 Å². The Labute approximate surface area is 103 Å². The minimum absolute atomic E-state index is 0.0606. The number of anilines is 1. The van der Waals surface area contributed by atoms with Gasteiger partial charge >= 0.3 is 0 Å². The smallest absolute Gasteiger partial charge is 0.127 e. The number of ether oxygens (including phenoxy) is 1. The number of rotatable bonds is 3. The Morgan fingerprint density at radius 2 is 2.29 bits per heavy atom. The average Bonchev–Trinajstić information content (AvgIpc) is 2.35. The maximum Gasteiger partial charge on any atom is 0.127 e. The minimum atomic E-state index is 0.0606. The minimum Gasteiger partial charge on any atom is -0.360 e. The summed E-state index contributed by atoms with van der Waals surface area (Å²) >= 11 is 0. The first-order valence-electron chi connectivity index (χ1n) is 5.99. The van der Waals surface area contributed by atoms with E-state index < -0.39 is 0 Å². The van der Waals surface area contributed by atoms with Crippen LogP contribution in [0.2, 0.25) is 0 Å². The first-order valence-corrected chi connectivity index (χ1v) is 5.99. The molecule has 2 N–H and O–H groups in total. The maximum atomic E-state index is 7.41. The molecule has 17 heavy (non-hydrogen) atoms. The monoisotopic (exact) mass is 228 g/mol. The molecule has 1 aromatic rings. The maximum absolute atomic E-state index is 7.41. The van der Waals surface area contributed by atoms with Gasteiger partial charge in [0.1, 0.15) is 14.1 Å². The molecular weight excluding hydrogens is 211 g/mol. The number of nitrogens with one attached hydrogen (secondary N) is 2. The van der Waals surface area contributed by atoms with E-state index in [-0.39, 0.29) is 6.23 Å². The van der Waals surface area contributed by atoms with Crippen molar-refractivity contribution in [2.45, 2.75) is 32.4 Å². The number of hydrogen-bond donors (Lipinski definition) is 2. The third kappa shape index (κ3) is 2.89. The molecule has 3 nitrogen and oxygen atoms in total. The summed E-state index contributed by atoms with van der Waals surface area (Å²) in [6, 6.07) is 3.81. The number of hydrogen-bond acceptors (Lipinski definition) is 3. The first-order chi connectivity index (χ1) is 8.20. The van der Waals surface area contributed by atoms with E-state index in [1.165, 1.54) is 12.6 Å². The van der Waals surface area contributed by atoms with Gasteiger partial charge in [-0.25, -0.2) is 0 Å². The van der Waals surface area contributed by atoms with Crippen molar-refractivity contribution in [3.63, 3.8) is 0 Å². The third-order valence-electron chi connectivity index (χ3n) is 3.09. The van der Waals surface area contributed by atoms with Gasteiger partial charge < -0.3 is 15.5 Å². The highest BCUT2D eigenvalue weighted by Gasteiger charge is 2.14. The lowest BCUT2D eigenvalue weighted by Gasteiger charge is -2.25. The fourth-order valence-electron chi connectivity index (χ4n) is 2.01. The standard InChI is InChI=1S/C13H17BN2O/c1-9-6-12(10(8-15)7-11(9)14)16-13-4-2-3-5-17-13/h6-8,13,15-16H,2-5H2,1H3. The van der Waals surface area contributed by atoms with Crippen molar-refractivity contribution in [1.29, 1.82) is 5.41 Å². The molecule has 2 radical (unpaired) electrons. The molecule has 2 rings (SSSR count). The topological polar surface area (TPSA) is 45.1 Å². The summed E-state index contributed by atoms with van der Waals surface area (Å²) in [4.78, 5) is 0. The van der Waals surface area contributed by atoms with Crippen LogP contribution in [0.1, 0.15) is 30.4 Å². The Bertz CT molecular complexity index is 414. The second kappa shape index (κ2) is 5.36. The molecule has 88 valence electrons. The molecule has 1 unspecified atom stereocenters. The Hall–Kier alpha value is -1.29. The summed E-state index contributed by atoms with van der Waals surface area (Å²) in [5.74, 6) is 0. The van der Waals surface area contributed by atoms with Crippen molar-refractivity contribution in [1.82, 2.24) is 0 Å².